The monoisotopic (exact) mass is 391 g/mol. The quantitative estimate of drug-likeness (QED) is 0.706. The van der Waals surface area contributed by atoms with E-state index in [1.165, 1.54) is 23.8 Å². The van der Waals surface area contributed by atoms with Crippen molar-refractivity contribution in [2.24, 2.45) is 0 Å². The Labute approximate surface area is 168 Å². The van der Waals surface area contributed by atoms with E-state index in [9.17, 15) is 9.59 Å². The Hall–Kier alpha value is -2.99. The van der Waals surface area contributed by atoms with Gasteiger partial charge in [-0.25, -0.2) is 4.98 Å². The van der Waals surface area contributed by atoms with Gasteiger partial charge in [0.1, 0.15) is 10.7 Å². The van der Waals surface area contributed by atoms with Gasteiger partial charge in [0.2, 0.25) is 5.91 Å². The van der Waals surface area contributed by atoms with Crippen LogP contribution in [-0.2, 0) is 11.2 Å². The highest BCUT2D eigenvalue weighted by Crippen LogP contribution is 2.32. The van der Waals surface area contributed by atoms with Crippen LogP contribution in [0, 0.1) is 6.92 Å². The van der Waals surface area contributed by atoms with Gasteiger partial charge >= 0.3 is 0 Å². The summed E-state index contributed by atoms with van der Waals surface area (Å²) in [5, 5.41) is 3.56. The van der Waals surface area contributed by atoms with Crippen LogP contribution in [0.5, 0.6) is 0 Å². The number of hydrogen-bond donors (Lipinski definition) is 1. The van der Waals surface area contributed by atoms with Crippen LogP contribution < -0.4 is 10.2 Å². The first-order valence-electron chi connectivity index (χ1n) is 9.28. The van der Waals surface area contributed by atoms with Crippen molar-refractivity contribution in [2.45, 2.75) is 26.7 Å². The lowest BCUT2D eigenvalue weighted by Crippen LogP contribution is -2.36. The predicted molar refractivity (Wildman–Crippen MR) is 113 cm³/mol. The van der Waals surface area contributed by atoms with E-state index in [2.05, 4.69) is 16.4 Å². The van der Waals surface area contributed by atoms with Crippen LogP contribution >= 0.6 is 11.3 Å². The fourth-order valence-electron chi connectivity index (χ4n) is 3.49. The lowest BCUT2D eigenvalue weighted by molar-refractivity contribution is -0.114. The summed E-state index contributed by atoms with van der Waals surface area (Å²) in [5.74, 6) is -0.144. The second-order valence-electron chi connectivity index (χ2n) is 6.87. The number of nitrogens with zero attached hydrogens (tertiary/aromatic N) is 2. The summed E-state index contributed by atoms with van der Waals surface area (Å²) < 4.78 is 0. The van der Waals surface area contributed by atoms with Gasteiger partial charge in [-0.05, 0) is 55.7 Å². The molecule has 0 aliphatic carbocycles. The number of amides is 2. The number of carbonyl (C=O) groups excluding carboxylic acids is 2. The zero-order valence-corrected chi connectivity index (χ0v) is 16.7. The zero-order valence-electron chi connectivity index (χ0n) is 15.9. The molecule has 2 aromatic carbocycles. The molecule has 1 aromatic heterocycles. The highest BCUT2D eigenvalue weighted by Gasteiger charge is 2.26. The van der Waals surface area contributed by atoms with Crippen LogP contribution in [0.3, 0.4) is 0 Å². The fraction of sp³-hybridized carbons (Fsp3) is 0.227. The van der Waals surface area contributed by atoms with Gasteiger partial charge in [-0.2, -0.15) is 0 Å². The van der Waals surface area contributed by atoms with Crippen molar-refractivity contribution in [1.29, 1.82) is 0 Å². The molecule has 28 heavy (non-hydrogen) atoms. The maximum absolute atomic E-state index is 13.2. The number of thiazole rings is 1. The number of hydrogen-bond acceptors (Lipinski definition) is 4. The highest BCUT2D eigenvalue weighted by molar-refractivity contribution is 7.15. The van der Waals surface area contributed by atoms with Gasteiger partial charge in [-0.1, -0.05) is 18.2 Å². The number of rotatable bonds is 3. The van der Waals surface area contributed by atoms with E-state index in [0.29, 0.717) is 12.2 Å². The summed E-state index contributed by atoms with van der Waals surface area (Å²) in [6.45, 7) is 4.14. The van der Waals surface area contributed by atoms with Crippen LogP contribution in [0.2, 0.25) is 0 Å². The average molecular weight is 391 g/mol. The second kappa shape index (κ2) is 7.56. The number of aryl methyl sites for hydroxylation is 2. The van der Waals surface area contributed by atoms with Gasteiger partial charge in [0.25, 0.3) is 5.91 Å². The molecule has 0 atom stereocenters. The number of aromatic nitrogens is 1. The molecule has 4 rings (SSSR count). The lowest BCUT2D eigenvalue weighted by atomic mass is 10.0. The van der Waals surface area contributed by atoms with E-state index in [4.69, 9.17) is 0 Å². The molecule has 1 aliphatic rings. The summed E-state index contributed by atoms with van der Waals surface area (Å²) in [5.41, 5.74) is 4.39. The van der Waals surface area contributed by atoms with Crippen LogP contribution in [0.1, 0.15) is 34.3 Å². The standard InChI is InChI=1S/C22H21N3O2S/c1-14-20(22(27)25-13-5-7-16-6-3-4-8-19(16)25)24-21(28-14)17-9-11-18(12-10-17)23-15(2)26/h3-4,6,8-12H,5,7,13H2,1-2H3,(H,23,26). The molecule has 0 saturated heterocycles. The van der Waals surface area contributed by atoms with E-state index in [-0.39, 0.29) is 11.8 Å². The molecular formula is C22H21N3O2S. The predicted octanol–water partition coefficient (Wildman–Crippen LogP) is 4.67. The van der Waals surface area contributed by atoms with Gasteiger partial charge in [-0.15, -0.1) is 11.3 Å². The topological polar surface area (TPSA) is 62.3 Å². The largest absolute Gasteiger partial charge is 0.326 e. The number of benzene rings is 2. The van der Waals surface area contributed by atoms with Crippen molar-refractivity contribution in [3.63, 3.8) is 0 Å². The Morgan fingerprint density at radius 1 is 1.11 bits per heavy atom. The summed E-state index contributed by atoms with van der Waals surface area (Å²) in [4.78, 5) is 31.8. The third-order valence-electron chi connectivity index (χ3n) is 4.81. The molecule has 0 bridgehead atoms. The van der Waals surface area contributed by atoms with Gasteiger partial charge in [-0.3, -0.25) is 9.59 Å². The normalized spacial score (nSPS) is 13.1. The number of para-hydroxylation sites is 1. The minimum absolute atomic E-state index is 0.0398. The minimum Gasteiger partial charge on any atom is -0.326 e. The molecule has 1 aliphatic heterocycles. The maximum atomic E-state index is 13.2. The first kappa shape index (κ1) is 18.4. The Kier molecular flexibility index (Phi) is 4.96. The third-order valence-corrected chi connectivity index (χ3v) is 5.83. The zero-order chi connectivity index (χ0) is 19.7. The SMILES string of the molecule is CC(=O)Nc1ccc(-c2nc(C(=O)N3CCCc4ccccc43)c(C)s2)cc1. The van der Waals surface area contributed by atoms with Crippen molar-refractivity contribution in [2.75, 3.05) is 16.8 Å². The molecular weight excluding hydrogens is 370 g/mol. The van der Waals surface area contributed by atoms with Gasteiger partial charge in [0, 0.05) is 35.3 Å². The molecule has 2 heterocycles. The Balaban J connectivity index is 1.62. The van der Waals surface area contributed by atoms with Crippen LogP contribution in [0.4, 0.5) is 11.4 Å². The molecule has 1 N–H and O–H groups in total. The van der Waals surface area contributed by atoms with Crippen molar-refractivity contribution >= 4 is 34.5 Å². The maximum Gasteiger partial charge on any atom is 0.278 e. The van der Waals surface area contributed by atoms with Gasteiger partial charge in [0.15, 0.2) is 0 Å². The molecule has 6 heteroatoms. The van der Waals surface area contributed by atoms with Crippen molar-refractivity contribution < 1.29 is 9.59 Å². The lowest BCUT2D eigenvalue weighted by Gasteiger charge is -2.29. The average Bonchev–Trinajstić information content (AvgIpc) is 3.09. The van der Waals surface area contributed by atoms with Crippen molar-refractivity contribution in [3.8, 4) is 10.6 Å². The summed E-state index contributed by atoms with van der Waals surface area (Å²) >= 11 is 1.51. The number of nitrogens with one attached hydrogen (secondary N) is 1. The van der Waals surface area contributed by atoms with Gasteiger partial charge in [0.05, 0.1) is 0 Å². The van der Waals surface area contributed by atoms with E-state index in [0.717, 1.165) is 39.7 Å². The fourth-order valence-corrected chi connectivity index (χ4v) is 4.40. The first-order valence-corrected chi connectivity index (χ1v) is 10.1. The third kappa shape index (κ3) is 3.55. The first-order chi connectivity index (χ1) is 13.5. The van der Waals surface area contributed by atoms with E-state index >= 15 is 0 Å². The van der Waals surface area contributed by atoms with Crippen LogP contribution in [0.15, 0.2) is 48.5 Å². The summed E-state index contributed by atoms with van der Waals surface area (Å²) in [6, 6.07) is 15.6. The molecule has 0 spiro atoms. The Bertz CT molecular complexity index is 1040. The second-order valence-corrected chi connectivity index (χ2v) is 8.07. The minimum atomic E-state index is -0.104. The molecule has 142 valence electrons. The Morgan fingerprint density at radius 3 is 2.61 bits per heavy atom. The van der Waals surface area contributed by atoms with Crippen LogP contribution in [-0.4, -0.2) is 23.3 Å². The number of anilines is 2. The molecule has 5 nitrogen and oxygen atoms in total. The van der Waals surface area contributed by atoms with Crippen LogP contribution in [0.25, 0.3) is 10.6 Å². The molecule has 0 saturated carbocycles. The summed E-state index contributed by atoms with van der Waals surface area (Å²) in [6.07, 6.45) is 1.96. The van der Waals surface area contributed by atoms with Crippen molar-refractivity contribution in [1.82, 2.24) is 4.98 Å². The molecule has 0 unspecified atom stereocenters. The van der Waals surface area contributed by atoms with Crippen molar-refractivity contribution in [3.05, 3.63) is 64.7 Å². The number of fused-ring (bicyclic) bond motifs is 1. The number of carbonyl (C=O) groups is 2. The molecule has 3 aromatic rings. The van der Waals surface area contributed by atoms with E-state index in [1.807, 2.05) is 54.3 Å². The Morgan fingerprint density at radius 2 is 1.86 bits per heavy atom. The highest BCUT2D eigenvalue weighted by atomic mass is 32.1. The summed E-state index contributed by atoms with van der Waals surface area (Å²) in [7, 11) is 0. The van der Waals surface area contributed by atoms with E-state index < -0.39 is 0 Å². The van der Waals surface area contributed by atoms with Gasteiger partial charge < -0.3 is 10.2 Å². The molecule has 0 radical (unpaired) electrons. The van der Waals surface area contributed by atoms with E-state index in [1.54, 1.807) is 0 Å². The smallest absolute Gasteiger partial charge is 0.278 e. The molecule has 2 amide bonds. The molecule has 0 fully saturated rings.